The van der Waals surface area contributed by atoms with E-state index in [4.69, 9.17) is 14.2 Å². The lowest BCUT2D eigenvalue weighted by Crippen LogP contribution is -2.51. The molecule has 1 aromatic rings. The highest BCUT2D eigenvalue weighted by atomic mass is 16.5. The Morgan fingerprint density at radius 2 is 1.81 bits per heavy atom. The lowest BCUT2D eigenvalue weighted by Gasteiger charge is -2.37. The highest BCUT2D eigenvalue weighted by Gasteiger charge is 2.30. The molecule has 0 radical (unpaired) electrons. The number of rotatable bonds is 7. The molecule has 1 aromatic carbocycles. The summed E-state index contributed by atoms with van der Waals surface area (Å²) < 4.78 is 16.8. The second-order valence-electron chi connectivity index (χ2n) is 6.90. The maximum atomic E-state index is 13.1. The topological polar surface area (TPSA) is 51.2 Å². The number of nitrogens with zero attached hydrogens (tertiary/aromatic N) is 2. The van der Waals surface area contributed by atoms with Crippen LogP contribution in [0.4, 0.5) is 0 Å². The van der Waals surface area contributed by atoms with Gasteiger partial charge in [0.2, 0.25) is 0 Å². The van der Waals surface area contributed by atoms with Crippen molar-refractivity contribution in [1.82, 2.24) is 9.80 Å². The molecule has 6 heteroatoms. The van der Waals surface area contributed by atoms with E-state index in [1.165, 1.54) is 0 Å². The molecular formula is C20H30N2O4. The minimum Gasteiger partial charge on any atom is -0.481 e. The number of carbonyl (C=O) groups excluding carboxylic acids is 1. The first-order chi connectivity index (χ1) is 12.7. The van der Waals surface area contributed by atoms with Gasteiger partial charge in [0.1, 0.15) is 5.75 Å². The van der Waals surface area contributed by atoms with Gasteiger partial charge in [-0.25, -0.2) is 0 Å². The Morgan fingerprint density at radius 3 is 2.50 bits per heavy atom. The SMILES string of the molecule is CC(Oc1ccccc1)C(=O)N(CCN1CCOCC1)C1CCOCC1. The maximum Gasteiger partial charge on any atom is 0.263 e. The first-order valence-corrected chi connectivity index (χ1v) is 9.64. The summed E-state index contributed by atoms with van der Waals surface area (Å²) in [7, 11) is 0. The Labute approximate surface area is 156 Å². The van der Waals surface area contributed by atoms with Crippen LogP contribution in [-0.2, 0) is 14.3 Å². The van der Waals surface area contributed by atoms with Crippen LogP contribution in [0.15, 0.2) is 30.3 Å². The summed E-state index contributed by atoms with van der Waals surface area (Å²) in [5.41, 5.74) is 0. The van der Waals surface area contributed by atoms with Crippen molar-refractivity contribution < 1.29 is 19.0 Å². The third-order valence-corrected chi connectivity index (χ3v) is 5.08. The number of ether oxygens (including phenoxy) is 3. The van der Waals surface area contributed by atoms with Crippen molar-refractivity contribution in [3.05, 3.63) is 30.3 Å². The molecule has 3 rings (SSSR count). The van der Waals surface area contributed by atoms with Crippen LogP contribution < -0.4 is 4.74 Å². The van der Waals surface area contributed by atoms with Crippen LogP contribution in [0.2, 0.25) is 0 Å². The lowest BCUT2D eigenvalue weighted by molar-refractivity contribution is -0.142. The fourth-order valence-corrected chi connectivity index (χ4v) is 3.53. The second-order valence-corrected chi connectivity index (χ2v) is 6.90. The summed E-state index contributed by atoms with van der Waals surface area (Å²) in [6.07, 6.45) is 1.30. The number of para-hydroxylation sites is 1. The smallest absolute Gasteiger partial charge is 0.263 e. The van der Waals surface area contributed by atoms with Crippen LogP contribution in [0.5, 0.6) is 5.75 Å². The van der Waals surface area contributed by atoms with E-state index in [1.807, 2.05) is 42.2 Å². The molecule has 1 amide bonds. The number of hydrogen-bond donors (Lipinski definition) is 0. The van der Waals surface area contributed by atoms with Crippen molar-refractivity contribution in [2.24, 2.45) is 0 Å². The van der Waals surface area contributed by atoms with E-state index in [2.05, 4.69) is 4.90 Å². The van der Waals surface area contributed by atoms with Crippen LogP contribution >= 0.6 is 0 Å². The molecule has 1 unspecified atom stereocenters. The van der Waals surface area contributed by atoms with Crippen LogP contribution in [0.25, 0.3) is 0 Å². The predicted molar refractivity (Wildman–Crippen MR) is 99.3 cm³/mol. The molecule has 0 saturated carbocycles. The van der Waals surface area contributed by atoms with Gasteiger partial charge in [-0.3, -0.25) is 9.69 Å². The van der Waals surface area contributed by atoms with Gasteiger partial charge in [-0.1, -0.05) is 18.2 Å². The normalized spacial score (nSPS) is 20.5. The van der Waals surface area contributed by atoms with Crippen LogP contribution in [0, 0.1) is 0 Å². The van der Waals surface area contributed by atoms with Crippen molar-refractivity contribution in [1.29, 1.82) is 0 Å². The fourth-order valence-electron chi connectivity index (χ4n) is 3.53. The molecule has 0 N–H and O–H groups in total. The van der Waals surface area contributed by atoms with Gasteiger partial charge in [0.05, 0.1) is 13.2 Å². The molecule has 0 aromatic heterocycles. The first kappa shape index (κ1) is 19.1. The van der Waals surface area contributed by atoms with Gasteiger partial charge in [-0.05, 0) is 31.9 Å². The van der Waals surface area contributed by atoms with Crippen LogP contribution in [0.3, 0.4) is 0 Å². The van der Waals surface area contributed by atoms with E-state index in [0.29, 0.717) is 0 Å². The minimum atomic E-state index is -0.495. The monoisotopic (exact) mass is 362 g/mol. The summed E-state index contributed by atoms with van der Waals surface area (Å²) >= 11 is 0. The molecule has 26 heavy (non-hydrogen) atoms. The average molecular weight is 362 g/mol. The molecule has 2 fully saturated rings. The van der Waals surface area contributed by atoms with Gasteiger partial charge in [-0.2, -0.15) is 0 Å². The number of hydrogen-bond acceptors (Lipinski definition) is 5. The summed E-state index contributed by atoms with van der Waals surface area (Å²) in [5.74, 6) is 0.794. The van der Waals surface area contributed by atoms with Crippen molar-refractivity contribution in [3.63, 3.8) is 0 Å². The van der Waals surface area contributed by atoms with Gasteiger partial charge in [0, 0.05) is 45.4 Å². The van der Waals surface area contributed by atoms with Crippen molar-refractivity contribution in [2.75, 3.05) is 52.6 Å². The molecule has 2 aliphatic heterocycles. The minimum absolute atomic E-state index is 0.0639. The average Bonchev–Trinajstić information content (AvgIpc) is 2.70. The molecule has 144 valence electrons. The third kappa shape index (κ3) is 5.43. The van der Waals surface area contributed by atoms with E-state index in [-0.39, 0.29) is 11.9 Å². The molecule has 6 nitrogen and oxygen atoms in total. The quantitative estimate of drug-likeness (QED) is 0.740. The molecular weight excluding hydrogens is 332 g/mol. The van der Waals surface area contributed by atoms with Gasteiger partial charge in [-0.15, -0.1) is 0 Å². The van der Waals surface area contributed by atoms with Gasteiger partial charge in [0.15, 0.2) is 6.10 Å². The number of amides is 1. The highest BCUT2D eigenvalue weighted by Crippen LogP contribution is 2.18. The Balaban J connectivity index is 1.61. The lowest BCUT2D eigenvalue weighted by atomic mass is 10.1. The van der Waals surface area contributed by atoms with E-state index >= 15 is 0 Å². The summed E-state index contributed by atoms with van der Waals surface area (Å²) in [6.45, 7) is 8.32. The van der Waals surface area contributed by atoms with Crippen molar-refractivity contribution >= 4 is 5.91 Å². The van der Waals surface area contributed by atoms with Crippen LogP contribution in [-0.4, -0.2) is 80.5 Å². The summed E-state index contributed by atoms with van der Waals surface area (Å²) in [4.78, 5) is 17.5. The zero-order chi connectivity index (χ0) is 18.2. The first-order valence-electron chi connectivity index (χ1n) is 9.64. The number of benzene rings is 1. The Kier molecular flexibility index (Phi) is 7.29. The van der Waals surface area contributed by atoms with E-state index in [0.717, 1.165) is 71.2 Å². The van der Waals surface area contributed by atoms with E-state index < -0.39 is 6.10 Å². The number of morpholine rings is 1. The zero-order valence-electron chi connectivity index (χ0n) is 15.6. The fraction of sp³-hybridized carbons (Fsp3) is 0.650. The Morgan fingerprint density at radius 1 is 1.15 bits per heavy atom. The van der Waals surface area contributed by atoms with Gasteiger partial charge < -0.3 is 19.1 Å². The van der Waals surface area contributed by atoms with Crippen LogP contribution in [0.1, 0.15) is 19.8 Å². The Bertz CT molecular complexity index is 542. The largest absolute Gasteiger partial charge is 0.481 e. The maximum absolute atomic E-state index is 13.1. The standard InChI is InChI=1S/C20H30N2O4/c1-17(26-19-5-3-2-4-6-19)20(23)22(18-7-13-24-14-8-18)10-9-21-11-15-25-16-12-21/h2-6,17-18H,7-16H2,1H3. The molecule has 2 heterocycles. The molecule has 1 atom stereocenters. The molecule has 0 spiro atoms. The highest BCUT2D eigenvalue weighted by molar-refractivity contribution is 5.81. The molecule has 2 saturated heterocycles. The Hall–Kier alpha value is -1.63. The van der Waals surface area contributed by atoms with Crippen molar-refractivity contribution in [2.45, 2.75) is 31.9 Å². The second kappa shape index (κ2) is 9.90. The zero-order valence-corrected chi connectivity index (χ0v) is 15.6. The summed E-state index contributed by atoms with van der Waals surface area (Å²) in [5, 5.41) is 0. The molecule has 2 aliphatic rings. The summed E-state index contributed by atoms with van der Waals surface area (Å²) in [6, 6.07) is 9.78. The van der Waals surface area contributed by atoms with Gasteiger partial charge in [0.25, 0.3) is 5.91 Å². The van der Waals surface area contributed by atoms with Gasteiger partial charge >= 0.3 is 0 Å². The molecule has 0 bridgehead atoms. The molecule has 0 aliphatic carbocycles. The van der Waals surface area contributed by atoms with E-state index in [1.54, 1.807) is 0 Å². The van der Waals surface area contributed by atoms with Crippen molar-refractivity contribution in [3.8, 4) is 5.75 Å². The predicted octanol–water partition coefficient (Wildman–Crippen LogP) is 1.79. The third-order valence-electron chi connectivity index (χ3n) is 5.08. The van der Waals surface area contributed by atoms with E-state index in [9.17, 15) is 4.79 Å². The number of carbonyl (C=O) groups is 1.